The van der Waals surface area contributed by atoms with Crippen molar-refractivity contribution in [1.29, 1.82) is 0 Å². The Labute approximate surface area is 105 Å². The molecule has 17 heavy (non-hydrogen) atoms. The van der Waals surface area contributed by atoms with Gasteiger partial charge in [-0.05, 0) is 43.0 Å². The van der Waals surface area contributed by atoms with Gasteiger partial charge in [-0.1, -0.05) is 38.1 Å². The lowest BCUT2D eigenvalue weighted by Gasteiger charge is -2.23. The molecule has 0 atom stereocenters. The maximum absolute atomic E-state index is 3.65. The van der Waals surface area contributed by atoms with Gasteiger partial charge < -0.3 is 10.6 Å². The van der Waals surface area contributed by atoms with Crippen molar-refractivity contribution in [2.45, 2.75) is 45.2 Å². The fourth-order valence-corrected chi connectivity index (χ4v) is 2.31. The van der Waals surface area contributed by atoms with Crippen LogP contribution in [0.15, 0.2) is 24.3 Å². The van der Waals surface area contributed by atoms with Gasteiger partial charge in [-0.15, -0.1) is 0 Å². The molecule has 0 radical (unpaired) electrons. The van der Waals surface area contributed by atoms with E-state index in [1.165, 1.54) is 24.0 Å². The number of rotatable bonds is 4. The SMILES string of the molecule is CC(C)c1ccc(CNC2CCNCC2)cc1. The summed E-state index contributed by atoms with van der Waals surface area (Å²) in [7, 11) is 0. The Balaban J connectivity index is 1.82. The number of piperidine rings is 1. The molecule has 0 unspecified atom stereocenters. The summed E-state index contributed by atoms with van der Waals surface area (Å²) in [5, 5.41) is 7.04. The van der Waals surface area contributed by atoms with E-state index in [-0.39, 0.29) is 0 Å². The normalized spacial score (nSPS) is 17.6. The molecule has 1 saturated heterocycles. The van der Waals surface area contributed by atoms with Crippen molar-refractivity contribution in [2.75, 3.05) is 13.1 Å². The van der Waals surface area contributed by atoms with Crippen LogP contribution in [0.5, 0.6) is 0 Å². The van der Waals surface area contributed by atoms with Crippen LogP contribution in [0, 0.1) is 0 Å². The van der Waals surface area contributed by atoms with Gasteiger partial charge in [0.2, 0.25) is 0 Å². The summed E-state index contributed by atoms with van der Waals surface area (Å²) in [6.07, 6.45) is 2.51. The number of hydrogen-bond donors (Lipinski definition) is 2. The second-order valence-electron chi connectivity index (χ2n) is 5.30. The summed E-state index contributed by atoms with van der Waals surface area (Å²) < 4.78 is 0. The van der Waals surface area contributed by atoms with Crippen molar-refractivity contribution in [1.82, 2.24) is 10.6 Å². The molecule has 1 heterocycles. The predicted molar refractivity (Wildman–Crippen MR) is 73.3 cm³/mol. The summed E-state index contributed by atoms with van der Waals surface area (Å²) in [4.78, 5) is 0. The fraction of sp³-hybridized carbons (Fsp3) is 0.600. The van der Waals surface area contributed by atoms with Crippen LogP contribution in [0.25, 0.3) is 0 Å². The highest BCUT2D eigenvalue weighted by Crippen LogP contribution is 2.14. The molecule has 2 N–H and O–H groups in total. The average Bonchev–Trinajstić information content (AvgIpc) is 2.38. The van der Waals surface area contributed by atoms with Crippen LogP contribution in [0.2, 0.25) is 0 Å². The topological polar surface area (TPSA) is 24.1 Å². The van der Waals surface area contributed by atoms with E-state index in [9.17, 15) is 0 Å². The molecule has 1 fully saturated rings. The van der Waals surface area contributed by atoms with Crippen molar-refractivity contribution < 1.29 is 0 Å². The van der Waals surface area contributed by atoms with E-state index < -0.39 is 0 Å². The van der Waals surface area contributed by atoms with Crippen LogP contribution < -0.4 is 10.6 Å². The van der Waals surface area contributed by atoms with E-state index in [2.05, 4.69) is 48.7 Å². The highest BCUT2D eigenvalue weighted by Gasteiger charge is 2.11. The third kappa shape index (κ3) is 3.83. The van der Waals surface area contributed by atoms with Crippen LogP contribution in [-0.4, -0.2) is 19.1 Å². The quantitative estimate of drug-likeness (QED) is 0.834. The second-order valence-corrected chi connectivity index (χ2v) is 5.30. The van der Waals surface area contributed by atoms with E-state index in [1.807, 2.05) is 0 Å². The Morgan fingerprint density at radius 3 is 2.41 bits per heavy atom. The van der Waals surface area contributed by atoms with Crippen LogP contribution in [0.1, 0.15) is 43.7 Å². The van der Waals surface area contributed by atoms with Gasteiger partial charge in [0.1, 0.15) is 0 Å². The van der Waals surface area contributed by atoms with Crippen molar-refractivity contribution in [3.63, 3.8) is 0 Å². The molecule has 1 aromatic carbocycles. The van der Waals surface area contributed by atoms with Crippen molar-refractivity contribution in [2.24, 2.45) is 0 Å². The largest absolute Gasteiger partial charge is 0.317 e. The molecule has 1 aliphatic rings. The summed E-state index contributed by atoms with van der Waals surface area (Å²) in [5.74, 6) is 0.626. The molecule has 94 valence electrons. The van der Waals surface area contributed by atoms with Crippen LogP contribution in [0.4, 0.5) is 0 Å². The maximum Gasteiger partial charge on any atom is 0.0208 e. The maximum atomic E-state index is 3.65. The Bertz CT molecular complexity index is 323. The lowest BCUT2D eigenvalue weighted by molar-refractivity contribution is 0.386. The molecule has 0 spiro atoms. The highest BCUT2D eigenvalue weighted by atomic mass is 15.0. The van der Waals surface area contributed by atoms with Gasteiger partial charge in [0.15, 0.2) is 0 Å². The highest BCUT2D eigenvalue weighted by molar-refractivity contribution is 5.24. The molecular formula is C15H24N2. The van der Waals surface area contributed by atoms with Gasteiger partial charge in [0.05, 0.1) is 0 Å². The van der Waals surface area contributed by atoms with Gasteiger partial charge in [-0.2, -0.15) is 0 Å². The number of nitrogens with one attached hydrogen (secondary N) is 2. The third-order valence-electron chi connectivity index (χ3n) is 3.58. The van der Waals surface area contributed by atoms with E-state index >= 15 is 0 Å². The molecule has 0 saturated carbocycles. The Hall–Kier alpha value is -0.860. The molecule has 0 amide bonds. The first-order valence-electron chi connectivity index (χ1n) is 6.78. The van der Waals surface area contributed by atoms with Crippen LogP contribution >= 0.6 is 0 Å². The molecule has 2 rings (SSSR count). The van der Waals surface area contributed by atoms with Gasteiger partial charge in [-0.25, -0.2) is 0 Å². The van der Waals surface area contributed by atoms with Gasteiger partial charge >= 0.3 is 0 Å². The van der Waals surface area contributed by atoms with Gasteiger partial charge in [0.25, 0.3) is 0 Å². The lowest BCUT2D eigenvalue weighted by Crippen LogP contribution is -2.39. The fourth-order valence-electron chi connectivity index (χ4n) is 2.31. The zero-order valence-corrected chi connectivity index (χ0v) is 11.0. The zero-order valence-electron chi connectivity index (χ0n) is 11.0. The van der Waals surface area contributed by atoms with Crippen molar-refractivity contribution >= 4 is 0 Å². The zero-order chi connectivity index (χ0) is 12.1. The minimum atomic E-state index is 0.626. The monoisotopic (exact) mass is 232 g/mol. The Morgan fingerprint density at radius 2 is 1.82 bits per heavy atom. The first kappa shape index (κ1) is 12.6. The van der Waals surface area contributed by atoms with Crippen LogP contribution in [-0.2, 0) is 6.54 Å². The molecular weight excluding hydrogens is 208 g/mol. The summed E-state index contributed by atoms with van der Waals surface area (Å²) in [6.45, 7) is 7.79. The predicted octanol–water partition coefficient (Wildman–Crippen LogP) is 2.65. The first-order chi connectivity index (χ1) is 8.25. The lowest BCUT2D eigenvalue weighted by atomic mass is 10.0. The molecule has 0 aromatic heterocycles. The summed E-state index contributed by atoms with van der Waals surface area (Å²) >= 11 is 0. The van der Waals surface area contributed by atoms with Crippen molar-refractivity contribution in [3.05, 3.63) is 35.4 Å². The van der Waals surface area contributed by atoms with E-state index in [0.29, 0.717) is 12.0 Å². The molecule has 1 aliphatic heterocycles. The third-order valence-corrected chi connectivity index (χ3v) is 3.58. The summed E-state index contributed by atoms with van der Waals surface area (Å²) in [5.41, 5.74) is 2.82. The van der Waals surface area contributed by atoms with E-state index in [4.69, 9.17) is 0 Å². The second kappa shape index (κ2) is 6.18. The van der Waals surface area contributed by atoms with E-state index in [0.717, 1.165) is 19.6 Å². The van der Waals surface area contributed by atoms with Crippen molar-refractivity contribution in [3.8, 4) is 0 Å². The summed E-state index contributed by atoms with van der Waals surface area (Å²) in [6, 6.07) is 9.71. The molecule has 1 aromatic rings. The minimum Gasteiger partial charge on any atom is -0.317 e. The van der Waals surface area contributed by atoms with Gasteiger partial charge in [-0.3, -0.25) is 0 Å². The number of hydrogen-bond acceptors (Lipinski definition) is 2. The standard InChI is InChI=1S/C15H24N2/c1-12(2)14-5-3-13(4-6-14)11-17-15-7-9-16-10-8-15/h3-6,12,15-17H,7-11H2,1-2H3. The van der Waals surface area contributed by atoms with Gasteiger partial charge in [0, 0.05) is 12.6 Å². The molecule has 0 bridgehead atoms. The number of benzene rings is 1. The Kier molecular flexibility index (Phi) is 4.57. The van der Waals surface area contributed by atoms with Crippen LogP contribution in [0.3, 0.4) is 0 Å². The van der Waals surface area contributed by atoms with E-state index in [1.54, 1.807) is 0 Å². The Morgan fingerprint density at radius 1 is 1.18 bits per heavy atom. The molecule has 2 nitrogen and oxygen atoms in total. The minimum absolute atomic E-state index is 0.626. The smallest absolute Gasteiger partial charge is 0.0208 e. The molecule has 2 heteroatoms. The molecule has 0 aliphatic carbocycles. The average molecular weight is 232 g/mol. The first-order valence-corrected chi connectivity index (χ1v) is 6.78.